The molecule has 27 heavy (non-hydrogen) atoms. The smallest absolute Gasteiger partial charge is 0.443 e. The Balaban J connectivity index is 2.18. The lowest BCUT2D eigenvalue weighted by atomic mass is 9.76. The second-order valence-electron chi connectivity index (χ2n) is 9.10. The van der Waals surface area contributed by atoms with Crippen LogP contribution in [-0.2, 0) is 18.8 Å². The van der Waals surface area contributed by atoms with E-state index in [4.69, 9.17) is 14.0 Å². The van der Waals surface area contributed by atoms with Gasteiger partial charge >= 0.3 is 19.4 Å². The average Bonchev–Trinajstić information content (AvgIpc) is 2.82. The Kier molecular flexibility index (Phi) is 5.42. The van der Waals surface area contributed by atoms with Gasteiger partial charge in [-0.15, -0.1) is 0 Å². The van der Waals surface area contributed by atoms with Gasteiger partial charge in [0.2, 0.25) is 5.91 Å². The minimum Gasteiger partial charge on any atom is -0.443 e. The molecule has 2 aliphatic heterocycles. The fourth-order valence-electron chi connectivity index (χ4n) is 3.13. The van der Waals surface area contributed by atoms with Crippen LogP contribution in [0.25, 0.3) is 0 Å². The molecule has 1 unspecified atom stereocenters. The highest BCUT2D eigenvalue weighted by Crippen LogP contribution is 2.43. The second kappa shape index (κ2) is 6.65. The van der Waals surface area contributed by atoms with Crippen molar-refractivity contribution < 1.29 is 36.8 Å². The van der Waals surface area contributed by atoms with Gasteiger partial charge in [0, 0.05) is 5.92 Å². The Bertz CT molecular complexity index is 599. The largest absolute Gasteiger partial charge is 0.458 e. The maximum absolute atomic E-state index is 13.4. The van der Waals surface area contributed by atoms with E-state index in [1.54, 1.807) is 0 Å². The van der Waals surface area contributed by atoms with E-state index in [0.29, 0.717) is 0 Å². The van der Waals surface area contributed by atoms with Crippen LogP contribution >= 0.6 is 0 Å². The summed E-state index contributed by atoms with van der Waals surface area (Å²) >= 11 is 0. The van der Waals surface area contributed by atoms with Crippen molar-refractivity contribution in [2.45, 2.75) is 90.2 Å². The molecule has 154 valence electrons. The Hall–Kier alpha value is -1.29. The molecule has 10 heteroatoms. The highest BCUT2D eigenvalue weighted by Gasteiger charge is 2.59. The van der Waals surface area contributed by atoms with Crippen LogP contribution in [0.3, 0.4) is 0 Å². The Morgan fingerprint density at radius 1 is 1.19 bits per heavy atom. The van der Waals surface area contributed by atoms with Crippen molar-refractivity contribution in [1.82, 2.24) is 4.90 Å². The van der Waals surface area contributed by atoms with Crippen molar-refractivity contribution >= 4 is 19.1 Å². The molecule has 2 rings (SSSR count). The van der Waals surface area contributed by atoms with Crippen LogP contribution in [0.15, 0.2) is 0 Å². The number of rotatable bonds is 2. The molecule has 2 heterocycles. The molecule has 0 bridgehead atoms. The maximum atomic E-state index is 13.4. The Labute approximate surface area is 157 Å². The normalized spacial score (nSPS) is 28.0. The summed E-state index contributed by atoms with van der Waals surface area (Å²) in [7, 11) is -0.823. The molecule has 2 aliphatic rings. The number of hydrogen-bond donors (Lipinski definition) is 0. The second-order valence-corrected chi connectivity index (χ2v) is 9.10. The number of carbonyl (C=O) groups excluding carboxylic acids is 2. The van der Waals surface area contributed by atoms with Crippen LogP contribution in [-0.4, -0.2) is 53.0 Å². The molecule has 0 aromatic rings. The number of imide groups is 1. The predicted molar refractivity (Wildman–Crippen MR) is 91.9 cm³/mol. The van der Waals surface area contributed by atoms with E-state index in [0.717, 1.165) is 0 Å². The van der Waals surface area contributed by atoms with Gasteiger partial charge in [-0.2, -0.15) is 13.2 Å². The monoisotopic (exact) mass is 393 g/mol. The van der Waals surface area contributed by atoms with Crippen LogP contribution in [0.2, 0.25) is 6.32 Å². The van der Waals surface area contributed by atoms with E-state index < -0.39 is 60.5 Å². The van der Waals surface area contributed by atoms with E-state index in [1.807, 2.05) is 27.7 Å². The molecule has 0 aromatic heterocycles. The molecule has 0 aromatic carbocycles. The first kappa shape index (κ1) is 22.0. The zero-order valence-electron chi connectivity index (χ0n) is 16.8. The number of likely N-dealkylation sites (tertiary alicyclic amines) is 1. The molecule has 0 aliphatic carbocycles. The van der Waals surface area contributed by atoms with Gasteiger partial charge in [0.25, 0.3) is 0 Å². The summed E-state index contributed by atoms with van der Waals surface area (Å²) in [6.45, 7) is 11.8. The third-order valence-corrected chi connectivity index (χ3v) is 5.15. The van der Waals surface area contributed by atoms with Crippen molar-refractivity contribution in [2.24, 2.45) is 5.92 Å². The number of ether oxygens (including phenoxy) is 1. The third-order valence-electron chi connectivity index (χ3n) is 5.15. The lowest BCUT2D eigenvalue weighted by Crippen LogP contribution is -2.48. The van der Waals surface area contributed by atoms with Gasteiger partial charge < -0.3 is 14.0 Å². The zero-order valence-corrected chi connectivity index (χ0v) is 16.8. The number of nitrogens with zero attached hydrogens (tertiary/aromatic N) is 1. The summed E-state index contributed by atoms with van der Waals surface area (Å²) in [6.07, 6.45) is -6.62. The van der Waals surface area contributed by atoms with Gasteiger partial charge in [-0.25, -0.2) is 9.69 Å². The van der Waals surface area contributed by atoms with E-state index in [1.165, 1.54) is 20.8 Å². The molecule has 0 spiro atoms. The van der Waals surface area contributed by atoms with Crippen LogP contribution in [0.4, 0.5) is 18.0 Å². The fourth-order valence-corrected chi connectivity index (χ4v) is 3.13. The summed E-state index contributed by atoms with van der Waals surface area (Å²) in [6, 6.07) is -2.22. The fraction of sp³-hybridized carbons (Fsp3) is 0.882. The Morgan fingerprint density at radius 2 is 1.67 bits per heavy atom. The molecule has 2 amide bonds. The van der Waals surface area contributed by atoms with E-state index >= 15 is 0 Å². The van der Waals surface area contributed by atoms with E-state index in [2.05, 4.69) is 0 Å². The van der Waals surface area contributed by atoms with Crippen molar-refractivity contribution in [2.75, 3.05) is 0 Å². The maximum Gasteiger partial charge on any atom is 0.458 e. The predicted octanol–water partition coefficient (Wildman–Crippen LogP) is 3.79. The number of halogens is 3. The van der Waals surface area contributed by atoms with E-state index in [9.17, 15) is 22.8 Å². The highest BCUT2D eigenvalue weighted by molar-refractivity contribution is 6.46. The molecule has 2 saturated heterocycles. The van der Waals surface area contributed by atoms with Crippen LogP contribution < -0.4 is 0 Å². The first-order valence-electron chi connectivity index (χ1n) is 8.93. The average molecular weight is 393 g/mol. The zero-order chi connectivity index (χ0) is 21.0. The number of alkyl halides is 3. The molecule has 6 nitrogen and oxygen atoms in total. The van der Waals surface area contributed by atoms with Gasteiger partial charge in [-0.1, -0.05) is 0 Å². The lowest BCUT2D eigenvalue weighted by molar-refractivity contribution is -0.177. The first-order valence-corrected chi connectivity index (χ1v) is 8.93. The number of hydrogen-bond acceptors (Lipinski definition) is 5. The minimum absolute atomic E-state index is 0.0580. The number of carbonyl (C=O) groups is 2. The molecular formula is C17H27BF3NO5. The minimum atomic E-state index is -4.74. The Morgan fingerprint density at radius 3 is 2.07 bits per heavy atom. The van der Waals surface area contributed by atoms with Gasteiger partial charge in [0.1, 0.15) is 11.6 Å². The molecule has 0 saturated carbocycles. The SMILES string of the molecule is CC(C)(C)OC(=O)N1C(=O)C(CB2OC(C)(C)C(C)(C)O2)C[C@H]1C(F)(F)F. The molecule has 2 atom stereocenters. The first-order chi connectivity index (χ1) is 11.9. The van der Waals surface area contributed by atoms with E-state index in [-0.39, 0.29) is 11.2 Å². The van der Waals surface area contributed by atoms with Crippen molar-refractivity contribution in [1.29, 1.82) is 0 Å². The summed E-state index contributed by atoms with van der Waals surface area (Å²) < 4.78 is 56.9. The van der Waals surface area contributed by atoms with Crippen molar-refractivity contribution in [3.8, 4) is 0 Å². The van der Waals surface area contributed by atoms with Crippen LogP contribution in [0.5, 0.6) is 0 Å². The van der Waals surface area contributed by atoms with Crippen LogP contribution in [0.1, 0.15) is 54.9 Å². The molecule has 0 radical (unpaired) electrons. The summed E-state index contributed by atoms with van der Waals surface area (Å²) in [4.78, 5) is 25.0. The standard InChI is InChI=1S/C17H27BF3NO5/c1-14(2,3)25-13(24)22-11(17(19,20)21)8-10(12(22)23)9-18-26-15(4,5)16(6,7)27-18/h10-11H,8-9H2,1-7H3/t10?,11-/m0/s1. The summed E-state index contributed by atoms with van der Waals surface area (Å²) in [5, 5.41) is 0. The summed E-state index contributed by atoms with van der Waals surface area (Å²) in [5.41, 5.74) is -2.33. The molecule has 2 fully saturated rings. The quantitative estimate of drug-likeness (QED) is 0.668. The van der Waals surface area contributed by atoms with Gasteiger partial charge in [-0.3, -0.25) is 4.79 Å². The van der Waals surface area contributed by atoms with Gasteiger partial charge in [0.15, 0.2) is 0 Å². The third kappa shape index (κ3) is 4.59. The van der Waals surface area contributed by atoms with Crippen LogP contribution in [0, 0.1) is 5.92 Å². The summed E-state index contributed by atoms with van der Waals surface area (Å²) in [5.74, 6) is -1.96. The molecular weight excluding hydrogens is 366 g/mol. The van der Waals surface area contributed by atoms with Crippen molar-refractivity contribution in [3.63, 3.8) is 0 Å². The van der Waals surface area contributed by atoms with Gasteiger partial charge in [-0.05, 0) is 61.2 Å². The van der Waals surface area contributed by atoms with Crippen molar-refractivity contribution in [3.05, 3.63) is 0 Å². The topological polar surface area (TPSA) is 65.1 Å². The molecule has 0 N–H and O–H groups in total. The lowest BCUT2D eigenvalue weighted by Gasteiger charge is -2.32. The highest BCUT2D eigenvalue weighted by atomic mass is 19.4. The van der Waals surface area contributed by atoms with Gasteiger partial charge in [0.05, 0.1) is 11.2 Å². The number of amides is 2.